The first kappa shape index (κ1) is 12.1. The molecule has 0 fully saturated rings. The molecular weight excluding hydrogens is 194 g/mol. The van der Waals surface area contributed by atoms with Crippen molar-refractivity contribution >= 4 is 0 Å². The summed E-state index contributed by atoms with van der Waals surface area (Å²) in [4.78, 5) is 6.42. The Bertz CT molecular complexity index is 275. The monoisotopic (exact) mass is 213 g/mol. The predicted octanol–water partition coefficient (Wildman–Crippen LogP) is 0.836. The number of aliphatic hydroxyl groups is 1. The standard InChI is InChI=1S/C10H19N3O2/c1-3-10-11-9(12-15-10)8-13(4-2)6-5-7-14/h14H,3-8H2,1-2H3. The number of hydrogen-bond donors (Lipinski definition) is 1. The maximum Gasteiger partial charge on any atom is 0.226 e. The van der Waals surface area contributed by atoms with Gasteiger partial charge in [0.25, 0.3) is 0 Å². The van der Waals surface area contributed by atoms with E-state index in [1.54, 1.807) is 0 Å². The number of hydrogen-bond acceptors (Lipinski definition) is 5. The van der Waals surface area contributed by atoms with Gasteiger partial charge >= 0.3 is 0 Å². The lowest BCUT2D eigenvalue weighted by atomic mass is 10.4. The molecule has 5 nitrogen and oxygen atoms in total. The molecule has 1 aromatic heterocycles. The molecule has 0 unspecified atom stereocenters. The van der Waals surface area contributed by atoms with Crippen molar-refractivity contribution in [3.05, 3.63) is 11.7 Å². The smallest absolute Gasteiger partial charge is 0.226 e. The zero-order chi connectivity index (χ0) is 11.1. The van der Waals surface area contributed by atoms with E-state index in [1.807, 2.05) is 6.92 Å². The van der Waals surface area contributed by atoms with Crippen molar-refractivity contribution in [3.8, 4) is 0 Å². The minimum absolute atomic E-state index is 0.225. The molecule has 0 atom stereocenters. The van der Waals surface area contributed by atoms with Crippen LogP contribution < -0.4 is 0 Å². The minimum atomic E-state index is 0.225. The molecule has 0 saturated heterocycles. The summed E-state index contributed by atoms with van der Waals surface area (Å²) in [7, 11) is 0. The van der Waals surface area contributed by atoms with Crippen LogP contribution in [0, 0.1) is 0 Å². The van der Waals surface area contributed by atoms with Gasteiger partial charge in [-0.1, -0.05) is 19.0 Å². The third kappa shape index (κ3) is 3.97. The molecule has 0 spiro atoms. The molecule has 1 aromatic rings. The Hall–Kier alpha value is -0.940. The van der Waals surface area contributed by atoms with Crippen molar-refractivity contribution in [1.29, 1.82) is 0 Å². The van der Waals surface area contributed by atoms with Gasteiger partial charge in [0, 0.05) is 19.6 Å². The van der Waals surface area contributed by atoms with Gasteiger partial charge in [-0.3, -0.25) is 4.90 Å². The van der Waals surface area contributed by atoms with Crippen molar-refractivity contribution < 1.29 is 9.63 Å². The number of aliphatic hydroxyl groups excluding tert-OH is 1. The van der Waals surface area contributed by atoms with Gasteiger partial charge in [-0.2, -0.15) is 4.98 Å². The van der Waals surface area contributed by atoms with Crippen LogP contribution in [0.2, 0.25) is 0 Å². The van der Waals surface area contributed by atoms with Gasteiger partial charge in [0.2, 0.25) is 5.89 Å². The summed E-state index contributed by atoms with van der Waals surface area (Å²) in [6.07, 6.45) is 1.56. The first-order valence-corrected chi connectivity index (χ1v) is 5.44. The summed E-state index contributed by atoms with van der Waals surface area (Å²) >= 11 is 0. The van der Waals surface area contributed by atoms with Crippen molar-refractivity contribution in [1.82, 2.24) is 15.0 Å². The maximum absolute atomic E-state index is 8.74. The van der Waals surface area contributed by atoms with E-state index in [9.17, 15) is 0 Å². The molecule has 0 aromatic carbocycles. The van der Waals surface area contributed by atoms with E-state index in [0.29, 0.717) is 12.4 Å². The van der Waals surface area contributed by atoms with Gasteiger partial charge in [0.05, 0.1) is 6.54 Å². The molecule has 5 heteroatoms. The van der Waals surface area contributed by atoms with Gasteiger partial charge in [0.15, 0.2) is 5.82 Å². The lowest BCUT2D eigenvalue weighted by Gasteiger charge is -2.17. The summed E-state index contributed by atoms with van der Waals surface area (Å²) in [5.74, 6) is 1.41. The van der Waals surface area contributed by atoms with Crippen LogP contribution in [-0.4, -0.2) is 39.8 Å². The highest BCUT2D eigenvalue weighted by molar-refractivity contribution is 4.85. The lowest BCUT2D eigenvalue weighted by Crippen LogP contribution is -2.25. The second-order valence-corrected chi connectivity index (χ2v) is 3.40. The second-order valence-electron chi connectivity index (χ2n) is 3.40. The molecule has 86 valence electrons. The molecule has 0 aliphatic heterocycles. The Morgan fingerprint density at radius 1 is 1.40 bits per heavy atom. The molecule has 0 radical (unpaired) electrons. The van der Waals surface area contributed by atoms with Gasteiger partial charge in [-0.05, 0) is 13.0 Å². The molecular formula is C10H19N3O2. The molecule has 1 N–H and O–H groups in total. The number of nitrogens with zero attached hydrogens (tertiary/aromatic N) is 3. The number of rotatable bonds is 7. The highest BCUT2D eigenvalue weighted by Gasteiger charge is 2.08. The van der Waals surface area contributed by atoms with E-state index in [2.05, 4.69) is 22.0 Å². The summed E-state index contributed by atoms with van der Waals surface area (Å²) in [6.45, 7) is 6.78. The van der Waals surface area contributed by atoms with Crippen molar-refractivity contribution in [2.45, 2.75) is 33.2 Å². The van der Waals surface area contributed by atoms with E-state index in [1.165, 1.54) is 0 Å². The number of aromatic nitrogens is 2. The van der Waals surface area contributed by atoms with Gasteiger partial charge in [0.1, 0.15) is 0 Å². The van der Waals surface area contributed by atoms with E-state index >= 15 is 0 Å². The van der Waals surface area contributed by atoms with E-state index in [4.69, 9.17) is 9.63 Å². The zero-order valence-electron chi connectivity index (χ0n) is 9.44. The fourth-order valence-corrected chi connectivity index (χ4v) is 1.34. The molecule has 1 rings (SSSR count). The van der Waals surface area contributed by atoms with Crippen molar-refractivity contribution in [3.63, 3.8) is 0 Å². The van der Waals surface area contributed by atoms with Crippen LogP contribution in [0.15, 0.2) is 4.52 Å². The topological polar surface area (TPSA) is 62.4 Å². The summed E-state index contributed by atoms with van der Waals surface area (Å²) in [5.41, 5.74) is 0. The largest absolute Gasteiger partial charge is 0.396 e. The zero-order valence-corrected chi connectivity index (χ0v) is 9.44. The first-order valence-electron chi connectivity index (χ1n) is 5.44. The van der Waals surface area contributed by atoms with Gasteiger partial charge < -0.3 is 9.63 Å². The normalized spacial score (nSPS) is 11.2. The fourth-order valence-electron chi connectivity index (χ4n) is 1.34. The highest BCUT2D eigenvalue weighted by atomic mass is 16.5. The molecule has 15 heavy (non-hydrogen) atoms. The van der Waals surface area contributed by atoms with Crippen LogP contribution in [0.4, 0.5) is 0 Å². The average molecular weight is 213 g/mol. The molecule has 1 heterocycles. The van der Waals surface area contributed by atoms with Crippen LogP contribution in [0.1, 0.15) is 32.0 Å². The van der Waals surface area contributed by atoms with E-state index in [-0.39, 0.29) is 6.61 Å². The maximum atomic E-state index is 8.74. The Morgan fingerprint density at radius 3 is 2.73 bits per heavy atom. The van der Waals surface area contributed by atoms with Crippen LogP contribution in [0.5, 0.6) is 0 Å². The fraction of sp³-hybridized carbons (Fsp3) is 0.800. The summed E-state index contributed by atoms with van der Waals surface area (Å²) in [6, 6.07) is 0. The summed E-state index contributed by atoms with van der Waals surface area (Å²) in [5, 5.41) is 12.6. The van der Waals surface area contributed by atoms with Gasteiger partial charge in [-0.15, -0.1) is 0 Å². The van der Waals surface area contributed by atoms with Crippen molar-refractivity contribution in [2.75, 3.05) is 19.7 Å². The van der Waals surface area contributed by atoms with Crippen LogP contribution in [-0.2, 0) is 13.0 Å². The second kappa shape index (κ2) is 6.53. The first-order chi connectivity index (χ1) is 7.30. The average Bonchev–Trinajstić information content (AvgIpc) is 2.71. The molecule has 0 aliphatic rings. The highest BCUT2D eigenvalue weighted by Crippen LogP contribution is 2.02. The predicted molar refractivity (Wildman–Crippen MR) is 56.3 cm³/mol. The number of aryl methyl sites for hydroxylation is 1. The van der Waals surface area contributed by atoms with Gasteiger partial charge in [-0.25, -0.2) is 0 Å². The van der Waals surface area contributed by atoms with Crippen molar-refractivity contribution in [2.24, 2.45) is 0 Å². The lowest BCUT2D eigenvalue weighted by molar-refractivity contribution is 0.220. The van der Waals surface area contributed by atoms with Crippen LogP contribution in [0.3, 0.4) is 0 Å². The van der Waals surface area contributed by atoms with Crippen LogP contribution >= 0.6 is 0 Å². The SMILES string of the molecule is CCc1nc(CN(CC)CCCO)no1. The quantitative estimate of drug-likeness (QED) is 0.727. The van der Waals surface area contributed by atoms with E-state index < -0.39 is 0 Å². The molecule has 0 bridgehead atoms. The Labute approximate surface area is 90.1 Å². The minimum Gasteiger partial charge on any atom is -0.396 e. The molecule has 0 saturated carbocycles. The Morgan fingerprint density at radius 2 is 2.20 bits per heavy atom. The van der Waals surface area contributed by atoms with E-state index in [0.717, 1.165) is 31.8 Å². The third-order valence-corrected chi connectivity index (χ3v) is 2.26. The molecule has 0 aliphatic carbocycles. The van der Waals surface area contributed by atoms with Crippen LogP contribution in [0.25, 0.3) is 0 Å². The summed E-state index contributed by atoms with van der Waals surface area (Å²) < 4.78 is 5.03. The Kier molecular flexibility index (Phi) is 5.28. The molecule has 0 amide bonds. The Balaban J connectivity index is 2.43. The third-order valence-electron chi connectivity index (χ3n) is 2.26.